The standard InChI is InChI=1S/C21H22N/c1-4-10-22(11-5-1)14-18-12-17-9-8-16-6-2-3-7-20(16)21(17)13-19(18)15-22/h2-3,6-9,12-13H,1,4-5,10-11,14-15H2/q+1. The minimum Gasteiger partial charge on any atom is -0.316 e. The smallest absolute Gasteiger partial charge is 0.105 e. The molecule has 0 bridgehead atoms. The lowest BCUT2D eigenvalue weighted by molar-refractivity contribution is -0.951. The first-order valence-corrected chi connectivity index (χ1v) is 8.61. The van der Waals surface area contributed by atoms with Crippen molar-refractivity contribution >= 4 is 21.5 Å². The molecule has 3 aromatic rings. The van der Waals surface area contributed by atoms with Crippen molar-refractivity contribution in [3.8, 4) is 0 Å². The molecule has 1 saturated heterocycles. The molecule has 110 valence electrons. The van der Waals surface area contributed by atoms with Crippen LogP contribution in [-0.2, 0) is 13.1 Å². The van der Waals surface area contributed by atoms with Gasteiger partial charge in [0.25, 0.3) is 0 Å². The highest BCUT2D eigenvalue weighted by atomic mass is 15.4. The molecular weight excluding hydrogens is 266 g/mol. The second-order valence-corrected chi connectivity index (χ2v) is 7.29. The quantitative estimate of drug-likeness (QED) is 0.403. The number of fused-ring (bicyclic) bond motifs is 4. The zero-order chi connectivity index (χ0) is 14.6. The fourth-order valence-corrected chi connectivity index (χ4v) is 4.72. The van der Waals surface area contributed by atoms with E-state index in [1.54, 1.807) is 11.1 Å². The highest BCUT2D eigenvalue weighted by Gasteiger charge is 2.37. The van der Waals surface area contributed by atoms with Gasteiger partial charge in [-0.05, 0) is 52.9 Å². The molecule has 0 N–H and O–H groups in total. The molecule has 0 aliphatic carbocycles. The summed E-state index contributed by atoms with van der Waals surface area (Å²) in [6, 6.07) is 18.3. The van der Waals surface area contributed by atoms with E-state index in [0.29, 0.717) is 0 Å². The molecular formula is C21H22N+. The lowest BCUT2D eigenvalue weighted by Crippen LogP contribution is -2.46. The summed E-state index contributed by atoms with van der Waals surface area (Å²) in [5, 5.41) is 5.61. The zero-order valence-electron chi connectivity index (χ0n) is 13.0. The van der Waals surface area contributed by atoms with Gasteiger partial charge >= 0.3 is 0 Å². The van der Waals surface area contributed by atoms with Crippen molar-refractivity contribution in [2.75, 3.05) is 13.1 Å². The van der Waals surface area contributed by atoms with Crippen molar-refractivity contribution in [3.05, 3.63) is 59.7 Å². The highest BCUT2D eigenvalue weighted by Crippen LogP contribution is 2.37. The average Bonchev–Trinajstić information content (AvgIpc) is 2.89. The molecule has 1 fully saturated rings. The van der Waals surface area contributed by atoms with Crippen LogP contribution in [0.15, 0.2) is 48.5 Å². The molecule has 0 saturated carbocycles. The summed E-state index contributed by atoms with van der Waals surface area (Å²) >= 11 is 0. The summed E-state index contributed by atoms with van der Waals surface area (Å²) in [5.74, 6) is 0. The van der Waals surface area contributed by atoms with Gasteiger partial charge in [0.1, 0.15) is 13.1 Å². The van der Waals surface area contributed by atoms with Crippen LogP contribution in [0.25, 0.3) is 21.5 Å². The van der Waals surface area contributed by atoms with Crippen molar-refractivity contribution in [1.82, 2.24) is 0 Å². The van der Waals surface area contributed by atoms with Gasteiger partial charge in [-0.25, -0.2) is 0 Å². The molecule has 0 unspecified atom stereocenters. The first-order valence-electron chi connectivity index (χ1n) is 8.61. The third kappa shape index (κ3) is 1.82. The Bertz CT molecular complexity index is 872. The Hall–Kier alpha value is -1.86. The number of piperidine rings is 1. The highest BCUT2D eigenvalue weighted by molar-refractivity contribution is 6.07. The number of hydrogen-bond donors (Lipinski definition) is 0. The predicted octanol–water partition coefficient (Wildman–Crippen LogP) is 5.01. The molecule has 0 radical (unpaired) electrons. The van der Waals surface area contributed by atoms with E-state index in [1.165, 1.54) is 71.5 Å². The van der Waals surface area contributed by atoms with E-state index >= 15 is 0 Å². The van der Waals surface area contributed by atoms with E-state index in [0.717, 1.165) is 0 Å². The van der Waals surface area contributed by atoms with Gasteiger partial charge < -0.3 is 4.48 Å². The Morgan fingerprint density at radius 1 is 0.636 bits per heavy atom. The van der Waals surface area contributed by atoms with Gasteiger partial charge in [0.05, 0.1) is 13.1 Å². The normalized spacial score (nSPS) is 19.8. The van der Waals surface area contributed by atoms with Crippen LogP contribution in [0.4, 0.5) is 0 Å². The van der Waals surface area contributed by atoms with Gasteiger partial charge in [-0.3, -0.25) is 0 Å². The summed E-state index contributed by atoms with van der Waals surface area (Å²) in [5.41, 5.74) is 3.20. The lowest BCUT2D eigenvalue weighted by Gasteiger charge is -2.37. The Morgan fingerprint density at radius 2 is 1.36 bits per heavy atom. The van der Waals surface area contributed by atoms with Crippen LogP contribution in [0, 0.1) is 0 Å². The molecule has 0 atom stereocenters. The first-order chi connectivity index (χ1) is 10.8. The minimum absolute atomic E-state index is 1.26. The molecule has 5 rings (SSSR count). The van der Waals surface area contributed by atoms with Crippen molar-refractivity contribution in [2.24, 2.45) is 0 Å². The van der Waals surface area contributed by atoms with E-state index in [9.17, 15) is 0 Å². The summed E-state index contributed by atoms with van der Waals surface area (Å²) in [7, 11) is 0. The Morgan fingerprint density at radius 3 is 2.23 bits per heavy atom. The number of hydrogen-bond acceptors (Lipinski definition) is 0. The van der Waals surface area contributed by atoms with Crippen molar-refractivity contribution in [3.63, 3.8) is 0 Å². The molecule has 22 heavy (non-hydrogen) atoms. The van der Waals surface area contributed by atoms with Crippen molar-refractivity contribution < 1.29 is 4.48 Å². The molecule has 1 nitrogen and oxygen atoms in total. The monoisotopic (exact) mass is 288 g/mol. The maximum atomic E-state index is 2.49. The van der Waals surface area contributed by atoms with Gasteiger partial charge in [-0.1, -0.05) is 36.4 Å². The van der Waals surface area contributed by atoms with Gasteiger partial charge in [0.2, 0.25) is 0 Å². The summed E-state index contributed by atoms with van der Waals surface area (Å²) in [6.45, 7) is 5.28. The van der Waals surface area contributed by atoms with E-state index in [-0.39, 0.29) is 0 Å². The fourth-order valence-electron chi connectivity index (χ4n) is 4.72. The van der Waals surface area contributed by atoms with Crippen LogP contribution in [-0.4, -0.2) is 17.6 Å². The van der Waals surface area contributed by atoms with Crippen LogP contribution in [0.2, 0.25) is 0 Å². The maximum Gasteiger partial charge on any atom is 0.105 e. The van der Waals surface area contributed by atoms with Crippen LogP contribution in [0.5, 0.6) is 0 Å². The molecule has 2 aliphatic rings. The molecule has 3 aromatic carbocycles. The van der Waals surface area contributed by atoms with Crippen LogP contribution in [0.1, 0.15) is 30.4 Å². The maximum absolute atomic E-state index is 2.49. The molecule has 1 heteroatoms. The van der Waals surface area contributed by atoms with Crippen molar-refractivity contribution in [1.29, 1.82) is 0 Å². The van der Waals surface area contributed by atoms with Gasteiger partial charge in [0, 0.05) is 11.1 Å². The Kier molecular flexibility index (Phi) is 2.63. The van der Waals surface area contributed by atoms with E-state index in [1.807, 2.05) is 0 Å². The Labute approximate surface area is 131 Å². The molecule has 2 heterocycles. The SMILES string of the molecule is c1ccc2c(c1)ccc1cc3c(cc12)C[N+]1(CCCCC1)C3. The topological polar surface area (TPSA) is 0 Å². The number of nitrogens with zero attached hydrogens (tertiary/aromatic N) is 1. The molecule has 1 spiro atoms. The molecule has 2 aliphatic heterocycles. The van der Waals surface area contributed by atoms with Crippen molar-refractivity contribution in [2.45, 2.75) is 32.4 Å². The third-order valence-corrected chi connectivity index (χ3v) is 5.84. The lowest BCUT2D eigenvalue weighted by atomic mass is 9.98. The third-order valence-electron chi connectivity index (χ3n) is 5.84. The summed E-state index contributed by atoms with van der Waals surface area (Å²) in [6.07, 6.45) is 4.26. The number of quaternary nitrogens is 1. The average molecular weight is 288 g/mol. The zero-order valence-corrected chi connectivity index (χ0v) is 13.0. The van der Waals surface area contributed by atoms with Crippen LogP contribution >= 0.6 is 0 Å². The van der Waals surface area contributed by atoms with E-state index in [2.05, 4.69) is 48.5 Å². The van der Waals surface area contributed by atoms with E-state index in [4.69, 9.17) is 0 Å². The number of benzene rings is 3. The Balaban J connectivity index is 1.69. The predicted molar refractivity (Wildman–Crippen MR) is 92.7 cm³/mol. The summed E-state index contributed by atoms with van der Waals surface area (Å²) < 4.78 is 1.32. The van der Waals surface area contributed by atoms with Gasteiger partial charge in [-0.15, -0.1) is 0 Å². The van der Waals surface area contributed by atoms with Crippen LogP contribution in [0.3, 0.4) is 0 Å². The summed E-state index contributed by atoms with van der Waals surface area (Å²) in [4.78, 5) is 0. The molecule has 0 aromatic heterocycles. The van der Waals surface area contributed by atoms with E-state index < -0.39 is 0 Å². The fraction of sp³-hybridized carbons (Fsp3) is 0.333. The molecule has 0 amide bonds. The second kappa shape index (κ2) is 4.57. The number of rotatable bonds is 0. The van der Waals surface area contributed by atoms with Crippen LogP contribution < -0.4 is 0 Å². The second-order valence-electron chi connectivity index (χ2n) is 7.29. The van der Waals surface area contributed by atoms with Gasteiger partial charge in [-0.2, -0.15) is 0 Å². The first kappa shape index (κ1) is 12.7. The minimum atomic E-state index is 1.26. The largest absolute Gasteiger partial charge is 0.316 e. The van der Waals surface area contributed by atoms with Gasteiger partial charge in [0.15, 0.2) is 0 Å².